The third-order valence-corrected chi connectivity index (χ3v) is 11.5. The van der Waals surface area contributed by atoms with Crippen molar-refractivity contribution < 1.29 is 22.1 Å². The molecule has 1 rings (SSSR count). The molecule has 1 heterocycles. The van der Waals surface area contributed by atoms with Crippen LogP contribution < -0.4 is 0 Å². The Morgan fingerprint density at radius 3 is 2.00 bits per heavy atom. The molecule has 0 amide bonds. The molecule has 20 heavy (non-hydrogen) atoms. The SMILES string of the molecule is CCC1OC1CCC[Si](C)(CC)O[Si](OC)(OC)OC. The minimum atomic E-state index is -2.93. The van der Waals surface area contributed by atoms with Crippen molar-refractivity contribution in [1.82, 2.24) is 0 Å². The highest BCUT2D eigenvalue weighted by molar-refractivity contribution is 6.79. The number of ether oxygens (including phenoxy) is 1. The highest BCUT2D eigenvalue weighted by Gasteiger charge is 2.48. The van der Waals surface area contributed by atoms with Gasteiger partial charge in [-0.3, -0.25) is 0 Å². The van der Waals surface area contributed by atoms with Gasteiger partial charge in [0.25, 0.3) is 0 Å². The minimum absolute atomic E-state index is 0.476. The fourth-order valence-electron chi connectivity index (χ4n) is 2.45. The third-order valence-electron chi connectivity index (χ3n) is 4.15. The Hall–Kier alpha value is 0.234. The van der Waals surface area contributed by atoms with E-state index in [-0.39, 0.29) is 0 Å². The molecule has 0 aromatic carbocycles. The molecule has 0 N–H and O–H groups in total. The maximum Gasteiger partial charge on any atom is 0.668 e. The maximum absolute atomic E-state index is 6.25. The topological polar surface area (TPSA) is 49.5 Å². The van der Waals surface area contributed by atoms with Crippen molar-refractivity contribution in [3.05, 3.63) is 0 Å². The molecule has 7 heteroatoms. The van der Waals surface area contributed by atoms with Crippen LogP contribution in [-0.2, 0) is 22.1 Å². The smallest absolute Gasteiger partial charge is 0.394 e. The van der Waals surface area contributed by atoms with E-state index in [1.54, 1.807) is 21.3 Å². The van der Waals surface area contributed by atoms with Gasteiger partial charge in [0, 0.05) is 21.3 Å². The summed E-state index contributed by atoms with van der Waals surface area (Å²) in [7, 11) is -0.0145. The predicted octanol–water partition coefficient (Wildman–Crippen LogP) is 2.93. The van der Waals surface area contributed by atoms with Gasteiger partial charge in [-0.15, -0.1) is 0 Å². The highest BCUT2D eigenvalue weighted by Crippen LogP contribution is 2.32. The number of hydrogen-bond acceptors (Lipinski definition) is 5. The van der Waals surface area contributed by atoms with Crippen LogP contribution in [0.15, 0.2) is 0 Å². The quantitative estimate of drug-likeness (QED) is 0.432. The van der Waals surface area contributed by atoms with E-state index in [9.17, 15) is 0 Å². The van der Waals surface area contributed by atoms with Crippen LogP contribution in [0.3, 0.4) is 0 Å². The molecule has 0 spiro atoms. The van der Waals surface area contributed by atoms with Gasteiger partial charge in [0.1, 0.15) is 0 Å². The van der Waals surface area contributed by atoms with Crippen LogP contribution >= 0.6 is 0 Å². The van der Waals surface area contributed by atoms with E-state index in [1.165, 1.54) is 0 Å². The molecule has 1 aliphatic heterocycles. The molecule has 3 atom stereocenters. The van der Waals surface area contributed by atoms with Crippen LogP contribution in [0.25, 0.3) is 0 Å². The van der Waals surface area contributed by atoms with Gasteiger partial charge >= 0.3 is 9.05 Å². The Bertz CT molecular complexity index is 280. The van der Waals surface area contributed by atoms with E-state index in [4.69, 9.17) is 22.1 Å². The van der Waals surface area contributed by atoms with E-state index in [0.717, 1.165) is 31.4 Å². The minimum Gasteiger partial charge on any atom is -0.394 e. The first-order chi connectivity index (χ1) is 9.48. The van der Waals surface area contributed by atoms with Crippen molar-refractivity contribution in [3.8, 4) is 0 Å². The van der Waals surface area contributed by atoms with Crippen LogP contribution in [0.4, 0.5) is 0 Å². The Labute approximate surface area is 125 Å². The zero-order valence-corrected chi connectivity index (χ0v) is 15.7. The summed E-state index contributed by atoms with van der Waals surface area (Å²) in [5.74, 6) is 0. The summed E-state index contributed by atoms with van der Waals surface area (Å²) in [6.07, 6.45) is 4.36. The molecule has 120 valence electrons. The van der Waals surface area contributed by atoms with E-state index in [1.807, 2.05) is 0 Å². The van der Waals surface area contributed by atoms with Crippen molar-refractivity contribution >= 4 is 17.4 Å². The molecule has 0 aliphatic carbocycles. The molecule has 0 radical (unpaired) electrons. The standard InChI is InChI=1S/C13H30O5Si2/c1-7-12-13(17-12)10-9-11-19(6,8-2)18-20(14-3,15-4)16-5/h12-13H,7-11H2,1-6H3. The normalized spacial score (nSPS) is 25.5. The lowest BCUT2D eigenvalue weighted by Gasteiger charge is -2.34. The molecular weight excluding hydrogens is 292 g/mol. The van der Waals surface area contributed by atoms with Gasteiger partial charge in [-0.25, -0.2) is 0 Å². The number of rotatable bonds is 11. The molecule has 1 saturated heterocycles. The molecule has 5 nitrogen and oxygen atoms in total. The second-order valence-electron chi connectivity index (χ2n) is 5.53. The van der Waals surface area contributed by atoms with Gasteiger partial charge in [-0.2, -0.15) is 0 Å². The summed E-state index contributed by atoms with van der Waals surface area (Å²) >= 11 is 0. The van der Waals surface area contributed by atoms with Crippen molar-refractivity contribution in [2.75, 3.05) is 21.3 Å². The largest absolute Gasteiger partial charge is 0.668 e. The molecule has 0 aromatic heterocycles. The lowest BCUT2D eigenvalue weighted by atomic mass is 10.2. The van der Waals surface area contributed by atoms with Crippen molar-refractivity contribution in [1.29, 1.82) is 0 Å². The third kappa shape index (κ3) is 4.90. The molecular formula is C13H30O5Si2. The second kappa shape index (κ2) is 8.02. The van der Waals surface area contributed by atoms with E-state index in [0.29, 0.717) is 12.2 Å². The van der Waals surface area contributed by atoms with Gasteiger partial charge < -0.3 is 22.1 Å². The fraction of sp³-hybridized carbons (Fsp3) is 1.00. The summed E-state index contributed by atoms with van der Waals surface area (Å²) in [5, 5.41) is 0. The summed E-state index contributed by atoms with van der Waals surface area (Å²) in [5.41, 5.74) is 0. The number of hydrogen-bond donors (Lipinski definition) is 0. The van der Waals surface area contributed by atoms with Crippen molar-refractivity contribution in [3.63, 3.8) is 0 Å². The Morgan fingerprint density at radius 2 is 1.60 bits per heavy atom. The van der Waals surface area contributed by atoms with Crippen LogP contribution in [0.2, 0.25) is 18.6 Å². The predicted molar refractivity (Wildman–Crippen MR) is 83.0 cm³/mol. The van der Waals surface area contributed by atoms with E-state index < -0.39 is 17.4 Å². The summed E-state index contributed by atoms with van der Waals surface area (Å²) < 4.78 is 28.0. The molecule has 0 saturated carbocycles. The van der Waals surface area contributed by atoms with Crippen LogP contribution in [0, 0.1) is 0 Å². The molecule has 0 bridgehead atoms. The first kappa shape index (κ1) is 18.3. The first-order valence-electron chi connectivity index (χ1n) is 7.49. The maximum atomic E-state index is 6.25. The van der Waals surface area contributed by atoms with Gasteiger partial charge in [-0.1, -0.05) is 20.3 Å². The lowest BCUT2D eigenvalue weighted by Crippen LogP contribution is -2.54. The van der Waals surface area contributed by atoms with Gasteiger partial charge in [-0.05, 0) is 31.5 Å². The first-order valence-corrected chi connectivity index (χ1v) is 11.9. The van der Waals surface area contributed by atoms with Gasteiger partial charge in [0.15, 0.2) is 8.32 Å². The van der Waals surface area contributed by atoms with Crippen LogP contribution in [0.5, 0.6) is 0 Å². The fourth-order valence-corrected chi connectivity index (χ4v) is 8.65. The highest BCUT2D eigenvalue weighted by atomic mass is 28.5. The van der Waals surface area contributed by atoms with Crippen molar-refractivity contribution in [2.24, 2.45) is 0 Å². The Balaban J connectivity index is 2.44. The summed E-state index contributed by atoms with van der Waals surface area (Å²) in [6.45, 7) is 6.58. The molecule has 0 aromatic rings. The summed E-state index contributed by atoms with van der Waals surface area (Å²) in [6, 6.07) is 2.12. The monoisotopic (exact) mass is 322 g/mol. The van der Waals surface area contributed by atoms with Crippen LogP contribution in [-0.4, -0.2) is 50.9 Å². The second-order valence-corrected chi connectivity index (χ2v) is 12.7. The average Bonchev–Trinajstić information content (AvgIpc) is 3.23. The Morgan fingerprint density at radius 1 is 1.00 bits per heavy atom. The van der Waals surface area contributed by atoms with E-state index in [2.05, 4.69) is 20.4 Å². The average molecular weight is 323 g/mol. The van der Waals surface area contributed by atoms with E-state index >= 15 is 0 Å². The lowest BCUT2D eigenvalue weighted by molar-refractivity contribution is 0.0473. The molecule has 1 fully saturated rings. The zero-order chi connectivity index (χ0) is 15.2. The number of epoxide rings is 1. The molecule has 3 unspecified atom stereocenters. The Kier molecular flexibility index (Phi) is 7.33. The van der Waals surface area contributed by atoms with Crippen LogP contribution in [0.1, 0.15) is 33.1 Å². The zero-order valence-electron chi connectivity index (χ0n) is 13.7. The van der Waals surface area contributed by atoms with Crippen molar-refractivity contribution in [2.45, 2.75) is 64.0 Å². The van der Waals surface area contributed by atoms with Gasteiger partial charge in [0.2, 0.25) is 0 Å². The molecule has 1 aliphatic rings. The van der Waals surface area contributed by atoms with Gasteiger partial charge in [0.05, 0.1) is 12.2 Å². The summed E-state index contributed by atoms with van der Waals surface area (Å²) in [4.78, 5) is 0.